The number of nitrogens with zero attached hydrogens (tertiary/aromatic N) is 2. The second-order valence-corrected chi connectivity index (χ2v) is 4.52. The quantitative estimate of drug-likeness (QED) is 0.843. The second-order valence-electron chi connectivity index (χ2n) is 4.52. The molecule has 0 amide bonds. The van der Waals surface area contributed by atoms with Crippen molar-refractivity contribution in [1.29, 1.82) is 0 Å². The smallest absolute Gasteiger partial charge is 0.0728 e. The van der Waals surface area contributed by atoms with Gasteiger partial charge in [-0.2, -0.15) is 5.10 Å². The fraction of sp³-hybridized carbons (Fsp3) is 0.400. The lowest BCUT2D eigenvalue weighted by Gasteiger charge is -2.17. The van der Waals surface area contributed by atoms with Crippen LogP contribution in [0.15, 0.2) is 42.7 Å². The van der Waals surface area contributed by atoms with Crippen molar-refractivity contribution >= 4 is 5.69 Å². The summed E-state index contributed by atoms with van der Waals surface area (Å²) in [5.41, 5.74) is 2.49. The maximum atomic E-state index is 4.28. The Balaban J connectivity index is 1.97. The zero-order chi connectivity index (χ0) is 12.8. The summed E-state index contributed by atoms with van der Waals surface area (Å²) in [4.78, 5) is 0. The highest BCUT2D eigenvalue weighted by Gasteiger charge is 2.08. The molecule has 0 fully saturated rings. The van der Waals surface area contributed by atoms with Gasteiger partial charge in [-0.05, 0) is 25.3 Å². The summed E-state index contributed by atoms with van der Waals surface area (Å²) in [6, 6.07) is 11.1. The SMILES string of the molecule is CCC(Cc1ccccc1)Nc1cnn(CC)c1. The van der Waals surface area contributed by atoms with E-state index in [9.17, 15) is 0 Å². The Kier molecular flexibility index (Phi) is 4.40. The summed E-state index contributed by atoms with van der Waals surface area (Å²) in [6.07, 6.45) is 6.12. The van der Waals surface area contributed by atoms with Crippen LogP contribution in [-0.4, -0.2) is 15.8 Å². The molecule has 1 N–H and O–H groups in total. The lowest BCUT2D eigenvalue weighted by molar-refractivity contribution is 0.659. The van der Waals surface area contributed by atoms with E-state index in [1.807, 2.05) is 10.9 Å². The Hall–Kier alpha value is -1.77. The molecule has 0 aliphatic heterocycles. The van der Waals surface area contributed by atoms with Crippen molar-refractivity contribution in [2.75, 3.05) is 5.32 Å². The van der Waals surface area contributed by atoms with E-state index in [-0.39, 0.29) is 0 Å². The van der Waals surface area contributed by atoms with Crippen LogP contribution in [0, 0.1) is 0 Å². The number of rotatable bonds is 6. The van der Waals surface area contributed by atoms with Gasteiger partial charge in [-0.25, -0.2) is 0 Å². The van der Waals surface area contributed by atoms with Gasteiger partial charge in [0.05, 0.1) is 11.9 Å². The van der Waals surface area contributed by atoms with Crippen LogP contribution in [0.25, 0.3) is 0 Å². The van der Waals surface area contributed by atoms with E-state index in [4.69, 9.17) is 0 Å². The summed E-state index contributed by atoms with van der Waals surface area (Å²) < 4.78 is 1.94. The molecule has 0 radical (unpaired) electrons. The molecule has 96 valence electrons. The Labute approximate surface area is 109 Å². The molecule has 18 heavy (non-hydrogen) atoms. The van der Waals surface area contributed by atoms with Crippen molar-refractivity contribution in [3.05, 3.63) is 48.3 Å². The van der Waals surface area contributed by atoms with E-state index < -0.39 is 0 Å². The van der Waals surface area contributed by atoms with E-state index in [1.165, 1.54) is 5.56 Å². The van der Waals surface area contributed by atoms with Crippen LogP contribution in [0.2, 0.25) is 0 Å². The predicted octanol–water partition coefficient (Wildman–Crippen LogP) is 3.34. The highest BCUT2D eigenvalue weighted by atomic mass is 15.3. The van der Waals surface area contributed by atoms with Crippen molar-refractivity contribution in [2.24, 2.45) is 0 Å². The van der Waals surface area contributed by atoms with Crippen LogP contribution < -0.4 is 5.32 Å². The molecule has 1 atom stereocenters. The number of nitrogens with one attached hydrogen (secondary N) is 1. The van der Waals surface area contributed by atoms with Crippen LogP contribution in [0.5, 0.6) is 0 Å². The van der Waals surface area contributed by atoms with Crippen LogP contribution in [-0.2, 0) is 13.0 Å². The molecule has 0 saturated carbocycles. The molecule has 0 bridgehead atoms. The lowest BCUT2D eigenvalue weighted by atomic mass is 10.0. The number of hydrogen-bond donors (Lipinski definition) is 1. The van der Waals surface area contributed by atoms with Gasteiger partial charge in [0.2, 0.25) is 0 Å². The summed E-state index contributed by atoms with van der Waals surface area (Å²) in [5, 5.41) is 7.83. The van der Waals surface area contributed by atoms with E-state index in [0.717, 1.165) is 25.1 Å². The highest BCUT2D eigenvalue weighted by molar-refractivity contribution is 5.39. The molecule has 0 aliphatic rings. The summed E-state index contributed by atoms with van der Waals surface area (Å²) in [5.74, 6) is 0. The fourth-order valence-corrected chi connectivity index (χ4v) is 2.04. The molecule has 1 unspecified atom stereocenters. The lowest BCUT2D eigenvalue weighted by Crippen LogP contribution is -2.20. The molecular formula is C15H21N3. The average molecular weight is 243 g/mol. The third kappa shape index (κ3) is 3.36. The van der Waals surface area contributed by atoms with Crippen molar-refractivity contribution < 1.29 is 0 Å². The predicted molar refractivity (Wildman–Crippen MR) is 75.7 cm³/mol. The second kappa shape index (κ2) is 6.24. The third-order valence-electron chi connectivity index (χ3n) is 3.15. The van der Waals surface area contributed by atoms with E-state index in [1.54, 1.807) is 0 Å². The minimum atomic E-state index is 0.460. The largest absolute Gasteiger partial charge is 0.379 e. The minimum Gasteiger partial charge on any atom is -0.379 e. The van der Waals surface area contributed by atoms with Crippen LogP contribution in [0.3, 0.4) is 0 Å². The van der Waals surface area contributed by atoms with Crippen molar-refractivity contribution in [3.63, 3.8) is 0 Å². The Morgan fingerprint density at radius 2 is 2.00 bits per heavy atom. The van der Waals surface area contributed by atoms with Gasteiger partial charge >= 0.3 is 0 Å². The zero-order valence-electron chi connectivity index (χ0n) is 11.1. The summed E-state index contributed by atoms with van der Waals surface area (Å²) in [6.45, 7) is 5.22. The van der Waals surface area contributed by atoms with Crippen LogP contribution in [0.1, 0.15) is 25.8 Å². The van der Waals surface area contributed by atoms with Crippen LogP contribution >= 0.6 is 0 Å². The first kappa shape index (κ1) is 12.7. The van der Waals surface area contributed by atoms with E-state index in [2.05, 4.69) is 60.8 Å². The molecule has 1 aromatic heterocycles. The zero-order valence-corrected chi connectivity index (χ0v) is 11.1. The summed E-state index contributed by atoms with van der Waals surface area (Å²) >= 11 is 0. The molecule has 1 aromatic carbocycles. The first-order valence-electron chi connectivity index (χ1n) is 6.64. The molecule has 1 heterocycles. The Morgan fingerprint density at radius 3 is 2.61 bits per heavy atom. The molecule has 3 heteroatoms. The molecule has 3 nitrogen and oxygen atoms in total. The number of aromatic nitrogens is 2. The number of benzene rings is 1. The first-order chi connectivity index (χ1) is 8.81. The minimum absolute atomic E-state index is 0.460. The number of aryl methyl sites for hydroxylation is 1. The van der Waals surface area contributed by atoms with Crippen LogP contribution in [0.4, 0.5) is 5.69 Å². The molecule has 0 aliphatic carbocycles. The number of anilines is 1. The number of hydrogen-bond acceptors (Lipinski definition) is 2. The van der Waals surface area contributed by atoms with Gasteiger partial charge in [-0.3, -0.25) is 4.68 Å². The van der Waals surface area contributed by atoms with Crippen molar-refractivity contribution in [2.45, 2.75) is 39.3 Å². The van der Waals surface area contributed by atoms with E-state index in [0.29, 0.717) is 6.04 Å². The molecule has 2 rings (SSSR count). The highest BCUT2D eigenvalue weighted by Crippen LogP contribution is 2.12. The maximum absolute atomic E-state index is 4.28. The maximum Gasteiger partial charge on any atom is 0.0728 e. The summed E-state index contributed by atoms with van der Waals surface area (Å²) in [7, 11) is 0. The fourth-order valence-electron chi connectivity index (χ4n) is 2.04. The van der Waals surface area contributed by atoms with Gasteiger partial charge in [0, 0.05) is 18.8 Å². The standard InChI is InChI=1S/C15H21N3/c1-3-14(10-13-8-6-5-7-9-13)17-15-11-16-18(4-2)12-15/h5-9,11-12,14,17H,3-4,10H2,1-2H3. The monoisotopic (exact) mass is 243 g/mol. The topological polar surface area (TPSA) is 29.9 Å². The van der Waals surface area contributed by atoms with Crippen molar-refractivity contribution in [3.8, 4) is 0 Å². The normalized spacial score (nSPS) is 12.3. The average Bonchev–Trinajstić information content (AvgIpc) is 2.87. The third-order valence-corrected chi connectivity index (χ3v) is 3.15. The van der Waals surface area contributed by atoms with Gasteiger partial charge < -0.3 is 5.32 Å². The Bertz CT molecular complexity index is 462. The molecular weight excluding hydrogens is 222 g/mol. The van der Waals surface area contributed by atoms with Crippen molar-refractivity contribution in [1.82, 2.24) is 9.78 Å². The van der Waals surface area contributed by atoms with Gasteiger partial charge in [0.25, 0.3) is 0 Å². The Morgan fingerprint density at radius 1 is 1.22 bits per heavy atom. The molecule has 2 aromatic rings. The van der Waals surface area contributed by atoms with Gasteiger partial charge in [-0.1, -0.05) is 37.3 Å². The molecule has 0 spiro atoms. The van der Waals surface area contributed by atoms with E-state index >= 15 is 0 Å². The van der Waals surface area contributed by atoms with Gasteiger partial charge in [0.15, 0.2) is 0 Å². The van der Waals surface area contributed by atoms with Gasteiger partial charge in [-0.15, -0.1) is 0 Å². The van der Waals surface area contributed by atoms with Gasteiger partial charge in [0.1, 0.15) is 0 Å². The molecule has 0 saturated heterocycles. The first-order valence-corrected chi connectivity index (χ1v) is 6.64.